The van der Waals surface area contributed by atoms with Gasteiger partial charge in [-0.05, 0) is 11.6 Å². The quantitative estimate of drug-likeness (QED) is 0.749. The fraction of sp³-hybridized carbons (Fsp3) is 0.286. The second-order valence-corrected chi connectivity index (χ2v) is 2.24. The molecule has 2 N–H and O–H groups in total. The minimum Gasteiger partial charge on any atom is -0.384 e. The van der Waals surface area contributed by atoms with E-state index in [9.17, 15) is 13.2 Å². The average molecular weight is 176 g/mol. The summed E-state index contributed by atoms with van der Waals surface area (Å²) < 4.78 is 36.3. The Labute approximate surface area is 67.2 Å². The Bertz CT molecular complexity index is 275. The van der Waals surface area contributed by atoms with Crippen molar-refractivity contribution in [3.05, 3.63) is 23.4 Å². The predicted octanol–water partition coefficient (Wildman–Crippen LogP) is 2.07. The molecule has 66 valence electrons. The molecule has 0 unspecified atom stereocenters. The topological polar surface area (TPSA) is 38.9 Å². The fourth-order valence-electron chi connectivity index (χ4n) is 0.838. The molecule has 0 amide bonds. The largest absolute Gasteiger partial charge is 0.384 e. The van der Waals surface area contributed by atoms with Crippen molar-refractivity contribution in [2.45, 2.75) is 13.1 Å². The maximum absolute atomic E-state index is 12.1. The lowest BCUT2D eigenvalue weighted by molar-refractivity contribution is 0.149. The molecule has 1 aromatic rings. The summed E-state index contributed by atoms with van der Waals surface area (Å²) in [4.78, 5) is 3.44. The first-order valence-electron chi connectivity index (χ1n) is 3.23. The van der Waals surface area contributed by atoms with E-state index >= 15 is 0 Å². The molecule has 0 saturated heterocycles. The van der Waals surface area contributed by atoms with Gasteiger partial charge in [-0.25, -0.2) is 18.2 Å². The molecule has 0 aliphatic heterocycles. The van der Waals surface area contributed by atoms with Gasteiger partial charge in [-0.3, -0.25) is 0 Å². The minimum absolute atomic E-state index is 0.0482. The van der Waals surface area contributed by atoms with Gasteiger partial charge < -0.3 is 5.73 Å². The summed E-state index contributed by atoms with van der Waals surface area (Å²) in [6.07, 6.45) is -1.81. The van der Waals surface area contributed by atoms with E-state index in [0.717, 1.165) is 12.3 Å². The third-order valence-corrected chi connectivity index (χ3v) is 1.42. The molecular weight excluding hydrogens is 169 g/mol. The van der Waals surface area contributed by atoms with Gasteiger partial charge in [-0.2, -0.15) is 0 Å². The molecule has 0 bridgehead atoms. The number of rotatable bonds is 2. The molecule has 0 saturated carbocycles. The second-order valence-electron chi connectivity index (χ2n) is 2.24. The third-order valence-electron chi connectivity index (χ3n) is 1.42. The molecule has 5 heteroatoms. The Morgan fingerprint density at radius 3 is 2.67 bits per heavy atom. The van der Waals surface area contributed by atoms with Crippen molar-refractivity contribution in [3.8, 4) is 0 Å². The van der Waals surface area contributed by atoms with Crippen LogP contribution in [0.2, 0.25) is 0 Å². The summed E-state index contributed by atoms with van der Waals surface area (Å²) in [5.74, 6) is 0.0482. The molecule has 0 aliphatic rings. The van der Waals surface area contributed by atoms with Crippen molar-refractivity contribution in [3.63, 3.8) is 0 Å². The van der Waals surface area contributed by atoms with Gasteiger partial charge in [0.05, 0.1) is 0 Å². The molecule has 0 radical (unpaired) electrons. The van der Waals surface area contributed by atoms with Gasteiger partial charge in [0, 0.05) is 11.8 Å². The normalized spacial score (nSPS) is 10.7. The van der Waals surface area contributed by atoms with Crippen LogP contribution in [0.5, 0.6) is 0 Å². The van der Waals surface area contributed by atoms with Crippen LogP contribution in [0, 0.1) is 0 Å². The van der Waals surface area contributed by atoms with Crippen molar-refractivity contribution >= 4 is 5.82 Å². The number of halogens is 3. The van der Waals surface area contributed by atoms with E-state index in [1.165, 1.54) is 0 Å². The van der Waals surface area contributed by atoms with E-state index in [2.05, 4.69) is 4.98 Å². The van der Waals surface area contributed by atoms with E-state index in [4.69, 9.17) is 5.73 Å². The number of hydrogen-bond acceptors (Lipinski definition) is 2. The van der Waals surface area contributed by atoms with Crippen LogP contribution in [0.1, 0.15) is 17.6 Å². The number of hydrogen-bond donors (Lipinski definition) is 1. The van der Waals surface area contributed by atoms with Crippen LogP contribution in [0.3, 0.4) is 0 Å². The SMILES string of the molecule is Nc1cc(CF)c(C(F)F)cn1. The third kappa shape index (κ3) is 1.66. The maximum atomic E-state index is 12.1. The lowest BCUT2D eigenvalue weighted by atomic mass is 10.1. The summed E-state index contributed by atoms with van der Waals surface area (Å²) >= 11 is 0. The molecule has 0 aromatic carbocycles. The Balaban J connectivity index is 3.11. The highest BCUT2D eigenvalue weighted by atomic mass is 19.3. The van der Waals surface area contributed by atoms with E-state index in [1.54, 1.807) is 0 Å². The molecule has 0 atom stereocenters. The summed E-state index contributed by atoms with van der Waals surface area (Å²) in [5, 5.41) is 0. The molecule has 1 heterocycles. The van der Waals surface area contributed by atoms with E-state index < -0.39 is 18.7 Å². The van der Waals surface area contributed by atoms with Crippen LogP contribution in [0.4, 0.5) is 19.0 Å². The van der Waals surface area contributed by atoms with E-state index in [0.29, 0.717) is 0 Å². The van der Waals surface area contributed by atoms with Crippen LogP contribution in [0.15, 0.2) is 12.3 Å². The number of aromatic nitrogens is 1. The number of alkyl halides is 3. The van der Waals surface area contributed by atoms with Crippen LogP contribution < -0.4 is 5.73 Å². The molecule has 0 fully saturated rings. The Morgan fingerprint density at radius 2 is 2.17 bits per heavy atom. The van der Waals surface area contributed by atoms with Crippen molar-refractivity contribution < 1.29 is 13.2 Å². The zero-order chi connectivity index (χ0) is 9.14. The van der Waals surface area contributed by atoms with Crippen LogP contribution in [-0.4, -0.2) is 4.98 Å². The van der Waals surface area contributed by atoms with Gasteiger partial charge in [-0.15, -0.1) is 0 Å². The highest BCUT2D eigenvalue weighted by Gasteiger charge is 2.13. The lowest BCUT2D eigenvalue weighted by Gasteiger charge is -2.04. The maximum Gasteiger partial charge on any atom is 0.265 e. The number of nitrogens with two attached hydrogens (primary N) is 1. The summed E-state index contributed by atoms with van der Waals surface area (Å²) in [7, 11) is 0. The van der Waals surface area contributed by atoms with Crippen LogP contribution >= 0.6 is 0 Å². The van der Waals surface area contributed by atoms with E-state index in [-0.39, 0.29) is 11.4 Å². The van der Waals surface area contributed by atoms with Crippen LogP contribution in [0.25, 0.3) is 0 Å². The summed E-state index contributed by atoms with van der Waals surface area (Å²) in [6.45, 7) is -0.952. The second kappa shape index (κ2) is 3.42. The minimum atomic E-state index is -2.70. The van der Waals surface area contributed by atoms with Gasteiger partial charge in [0.1, 0.15) is 12.5 Å². The molecule has 1 aromatic heterocycles. The standard InChI is InChI=1S/C7H7F3N2/c8-2-4-1-6(11)12-3-5(4)7(9)10/h1,3,7H,2H2,(H2,11,12). The van der Waals surface area contributed by atoms with Crippen molar-refractivity contribution in [2.75, 3.05) is 5.73 Å². The highest BCUT2D eigenvalue weighted by Crippen LogP contribution is 2.23. The zero-order valence-electron chi connectivity index (χ0n) is 6.10. The first kappa shape index (κ1) is 8.83. The monoisotopic (exact) mass is 176 g/mol. The van der Waals surface area contributed by atoms with E-state index in [1.807, 2.05) is 0 Å². The number of anilines is 1. The Hall–Kier alpha value is -1.26. The van der Waals surface area contributed by atoms with Gasteiger partial charge in [0.25, 0.3) is 6.43 Å². The predicted molar refractivity (Wildman–Crippen MR) is 38.4 cm³/mol. The van der Waals surface area contributed by atoms with Gasteiger partial charge in [0.2, 0.25) is 0 Å². The van der Waals surface area contributed by atoms with Gasteiger partial charge in [-0.1, -0.05) is 0 Å². The zero-order valence-corrected chi connectivity index (χ0v) is 6.10. The summed E-state index contributed by atoms with van der Waals surface area (Å²) in [5.41, 5.74) is 4.68. The molecule has 1 rings (SSSR count). The lowest BCUT2D eigenvalue weighted by Crippen LogP contribution is -1.98. The highest BCUT2D eigenvalue weighted by molar-refractivity contribution is 5.37. The summed E-state index contributed by atoms with van der Waals surface area (Å²) in [6, 6.07) is 1.11. The molecular formula is C7H7F3N2. The van der Waals surface area contributed by atoms with Crippen molar-refractivity contribution in [2.24, 2.45) is 0 Å². The van der Waals surface area contributed by atoms with Crippen LogP contribution in [-0.2, 0) is 6.67 Å². The number of nitrogen functional groups attached to an aromatic ring is 1. The smallest absolute Gasteiger partial charge is 0.265 e. The molecule has 2 nitrogen and oxygen atoms in total. The van der Waals surface area contributed by atoms with Gasteiger partial charge >= 0.3 is 0 Å². The number of nitrogens with zero attached hydrogens (tertiary/aromatic N) is 1. The Kier molecular flexibility index (Phi) is 2.52. The average Bonchev–Trinajstić information content (AvgIpc) is 2.03. The van der Waals surface area contributed by atoms with Crippen molar-refractivity contribution in [1.29, 1.82) is 0 Å². The number of pyridine rings is 1. The van der Waals surface area contributed by atoms with Crippen molar-refractivity contribution in [1.82, 2.24) is 4.98 Å². The first-order valence-corrected chi connectivity index (χ1v) is 3.23. The van der Waals surface area contributed by atoms with Gasteiger partial charge in [0.15, 0.2) is 0 Å². The first-order chi connectivity index (χ1) is 5.65. The molecule has 0 aliphatic carbocycles. The molecule has 12 heavy (non-hydrogen) atoms. The Morgan fingerprint density at radius 1 is 1.50 bits per heavy atom. The fourth-order valence-corrected chi connectivity index (χ4v) is 0.838. The molecule has 0 spiro atoms.